The van der Waals surface area contributed by atoms with Gasteiger partial charge in [0.15, 0.2) is 0 Å². The minimum absolute atomic E-state index is 0.145. The molecule has 0 bridgehead atoms. The summed E-state index contributed by atoms with van der Waals surface area (Å²) in [6.45, 7) is 5.14. The molecule has 2 amide bonds. The maximum atomic E-state index is 12.9. The van der Waals surface area contributed by atoms with Crippen molar-refractivity contribution >= 4 is 39.9 Å². The highest BCUT2D eigenvalue weighted by molar-refractivity contribution is 7.99. The van der Waals surface area contributed by atoms with E-state index in [1.165, 1.54) is 40.1 Å². The number of hydrogen-bond acceptors (Lipinski definition) is 4. The number of hydrogen-bond donors (Lipinski definition) is 3. The number of fused-ring (bicyclic) bond motifs is 1. The minimum atomic E-state index is -0.479. The molecule has 150 valence electrons. The number of halogens is 1. The van der Waals surface area contributed by atoms with Gasteiger partial charge in [-0.15, -0.1) is 23.1 Å². The fraction of sp³-hybridized carbons (Fsp3) is 0.400. The molecular weight excluding hydrogens is 397 g/mol. The molecule has 1 aromatic heterocycles. The van der Waals surface area contributed by atoms with Crippen molar-refractivity contribution < 1.29 is 18.9 Å². The van der Waals surface area contributed by atoms with E-state index in [2.05, 4.69) is 12.2 Å². The standard InChI is InChI=1S/C20H24FN3O2S2/c1-2-9-24-10-7-15-16(12-24)28-20(18(15)19(22)26)23-17(25)8-11-27-14-5-3-13(21)4-6-14/h3-6H,2,7-12H2,1H3,(H2,22,26)(H,23,25)/p+1. The first-order valence-corrected chi connectivity index (χ1v) is 11.2. The molecule has 28 heavy (non-hydrogen) atoms. The maximum Gasteiger partial charge on any atom is 0.252 e. The summed E-state index contributed by atoms with van der Waals surface area (Å²) in [5.41, 5.74) is 7.10. The monoisotopic (exact) mass is 422 g/mol. The van der Waals surface area contributed by atoms with Crippen LogP contribution >= 0.6 is 23.1 Å². The predicted molar refractivity (Wildman–Crippen MR) is 112 cm³/mol. The molecule has 2 aromatic rings. The van der Waals surface area contributed by atoms with Crippen molar-refractivity contribution in [3.8, 4) is 0 Å². The topological polar surface area (TPSA) is 76.6 Å². The first-order chi connectivity index (χ1) is 13.5. The largest absolute Gasteiger partial charge is 0.365 e. The van der Waals surface area contributed by atoms with E-state index in [0.29, 0.717) is 22.7 Å². The van der Waals surface area contributed by atoms with Crippen LogP contribution in [0.2, 0.25) is 0 Å². The molecule has 1 atom stereocenters. The molecule has 0 saturated heterocycles. The fourth-order valence-electron chi connectivity index (χ4n) is 3.43. The molecular formula is C20H25FN3O2S2+. The van der Waals surface area contributed by atoms with Crippen molar-refractivity contribution in [2.75, 3.05) is 24.2 Å². The minimum Gasteiger partial charge on any atom is -0.365 e. The molecule has 1 aliphatic heterocycles. The van der Waals surface area contributed by atoms with Gasteiger partial charge in [-0.05, 0) is 36.2 Å². The zero-order valence-corrected chi connectivity index (χ0v) is 17.5. The summed E-state index contributed by atoms with van der Waals surface area (Å²) in [5, 5.41) is 3.46. The Kier molecular flexibility index (Phi) is 7.09. The molecule has 1 unspecified atom stereocenters. The van der Waals surface area contributed by atoms with E-state index in [9.17, 15) is 14.0 Å². The number of benzene rings is 1. The second-order valence-electron chi connectivity index (χ2n) is 6.85. The number of nitrogens with one attached hydrogen (secondary N) is 2. The van der Waals surface area contributed by atoms with Crippen LogP contribution in [-0.2, 0) is 17.8 Å². The van der Waals surface area contributed by atoms with Gasteiger partial charge < -0.3 is 16.0 Å². The van der Waals surface area contributed by atoms with Crippen LogP contribution in [-0.4, -0.2) is 30.7 Å². The van der Waals surface area contributed by atoms with Gasteiger partial charge >= 0.3 is 0 Å². The van der Waals surface area contributed by atoms with E-state index in [0.717, 1.165) is 47.8 Å². The highest BCUT2D eigenvalue weighted by Crippen LogP contribution is 2.34. The molecule has 8 heteroatoms. The average Bonchev–Trinajstić information content (AvgIpc) is 3.00. The Morgan fingerprint density at radius 2 is 2.07 bits per heavy atom. The van der Waals surface area contributed by atoms with E-state index in [4.69, 9.17) is 5.73 Å². The second-order valence-corrected chi connectivity index (χ2v) is 9.12. The third-order valence-corrected chi connectivity index (χ3v) is 6.91. The number of rotatable bonds is 8. The van der Waals surface area contributed by atoms with Crippen LogP contribution in [0.25, 0.3) is 0 Å². The smallest absolute Gasteiger partial charge is 0.252 e. The van der Waals surface area contributed by atoms with E-state index in [-0.39, 0.29) is 11.7 Å². The van der Waals surface area contributed by atoms with Gasteiger partial charge in [-0.1, -0.05) is 6.92 Å². The summed E-state index contributed by atoms with van der Waals surface area (Å²) in [6.07, 6.45) is 2.24. The number of nitrogens with two attached hydrogens (primary N) is 1. The summed E-state index contributed by atoms with van der Waals surface area (Å²) < 4.78 is 12.9. The van der Waals surface area contributed by atoms with Crippen molar-refractivity contribution in [2.45, 2.75) is 37.6 Å². The maximum absolute atomic E-state index is 12.9. The van der Waals surface area contributed by atoms with E-state index < -0.39 is 5.91 Å². The van der Waals surface area contributed by atoms with Gasteiger partial charge in [0, 0.05) is 23.5 Å². The van der Waals surface area contributed by atoms with Crippen LogP contribution in [0.1, 0.15) is 40.6 Å². The van der Waals surface area contributed by atoms with Crippen LogP contribution in [0.5, 0.6) is 0 Å². The van der Waals surface area contributed by atoms with Crippen molar-refractivity contribution in [1.82, 2.24) is 0 Å². The molecule has 3 rings (SSSR count). The third kappa shape index (κ3) is 5.12. The molecule has 0 radical (unpaired) electrons. The highest BCUT2D eigenvalue weighted by Gasteiger charge is 2.29. The second kappa shape index (κ2) is 9.54. The van der Waals surface area contributed by atoms with E-state index in [1.807, 2.05) is 0 Å². The summed E-state index contributed by atoms with van der Waals surface area (Å²) in [5.74, 6) is -0.328. The van der Waals surface area contributed by atoms with Crippen molar-refractivity contribution in [3.05, 3.63) is 46.1 Å². The summed E-state index contributed by atoms with van der Waals surface area (Å²) in [4.78, 5) is 27.9. The summed E-state index contributed by atoms with van der Waals surface area (Å²) >= 11 is 2.97. The Bertz CT molecular complexity index is 852. The van der Waals surface area contributed by atoms with Crippen LogP contribution in [0.3, 0.4) is 0 Å². The number of quaternary nitrogens is 1. The molecule has 0 aliphatic carbocycles. The first-order valence-electron chi connectivity index (χ1n) is 9.44. The summed E-state index contributed by atoms with van der Waals surface area (Å²) in [7, 11) is 0. The van der Waals surface area contributed by atoms with Gasteiger partial charge in [-0.3, -0.25) is 9.59 Å². The number of thiophene rings is 1. The molecule has 5 nitrogen and oxygen atoms in total. The number of carbonyl (C=O) groups excluding carboxylic acids is 2. The molecule has 0 spiro atoms. The Hall–Kier alpha value is -1.90. The fourth-order valence-corrected chi connectivity index (χ4v) is 5.63. The quantitative estimate of drug-likeness (QED) is 0.572. The lowest BCUT2D eigenvalue weighted by Crippen LogP contribution is -3.11. The molecule has 1 aliphatic rings. The van der Waals surface area contributed by atoms with Crippen molar-refractivity contribution in [1.29, 1.82) is 0 Å². The van der Waals surface area contributed by atoms with E-state index >= 15 is 0 Å². The number of carbonyl (C=O) groups is 2. The molecule has 2 heterocycles. The lowest BCUT2D eigenvalue weighted by molar-refractivity contribution is -0.915. The molecule has 1 aromatic carbocycles. The zero-order valence-electron chi connectivity index (χ0n) is 15.8. The first kappa shape index (κ1) is 20.8. The highest BCUT2D eigenvalue weighted by atomic mass is 32.2. The Labute approximate surface area is 172 Å². The Morgan fingerprint density at radius 3 is 2.75 bits per heavy atom. The van der Waals surface area contributed by atoms with Crippen LogP contribution < -0.4 is 16.0 Å². The number of amides is 2. The molecule has 4 N–H and O–H groups in total. The average molecular weight is 423 g/mol. The van der Waals surface area contributed by atoms with Crippen LogP contribution in [0.4, 0.5) is 9.39 Å². The van der Waals surface area contributed by atoms with Gasteiger partial charge in [0.2, 0.25) is 5.91 Å². The van der Waals surface area contributed by atoms with Gasteiger partial charge in [-0.2, -0.15) is 0 Å². The van der Waals surface area contributed by atoms with E-state index in [1.54, 1.807) is 12.1 Å². The van der Waals surface area contributed by atoms with Crippen LogP contribution in [0.15, 0.2) is 29.2 Å². The Morgan fingerprint density at radius 1 is 1.32 bits per heavy atom. The third-order valence-electron chi connectivity index (χ3n) is 4.74. The summed E-state index contributed by atoms with van der Waals surface area (Å²) in [6, 6.07) is 6.20. The number of thioether (sulfide) groups is 1. The van der Waals surface area contributed by atoms with Gasteiger partial charge in [0.25, 0.3) is 5.91 Å². The number of anilines is 1. The zero-order chi connectivity index (χ0) is 20.1. The number of primary amides is 1. The van der Waals surface area contributed by atoms with Gasteiger partial charge in [0.1, 0.15) is 17.4 Å². The van der Waals surface area contributed by atoms with Gasteiger partial charge in [0.05, 0.1) is 23.5 Å². The van der Waals surface area contributed by atoms with Crippen molar-refractivity contribution in [3.63, 3.8) is 0 Å². The lowest BCUT2D eigenvalue weighted by Gasteiger charge is -2.23. The SMILES string of the molecule is CCC[NH+]1CCc2c(sc(NC(=O)CCSc3ccc(F)cc3)c2C(N)=O)C1. The molecule has 0 fully saturated rings. The van der Waals surface area contributed by atoms with Crippen molar-refractivity contribution in [2.24, 2.45) is 5.73 Å². The predicted octanol–water partition coefficient (Wildman–Crippen LogP) is 2.46. The normalized spacial score (nSPS) is 15.9. The Balaban J connectivity index is 1.62. The van der Waals surface area contributed by atoms with Crippen LogP contribution in [0, 0.1) is 5.82 Å². The lowest BCUT2D eigenvalue weighted by atomic mass is 10.0. The molecule has 0 saturated carbocycles. The van der Waals surface area contributed by atoms with Gasteiger partial charge in [-0.25, -0.2) is 4.39 Å².